The average molecular weight is 135 g/mol. The summed E-state index contributed by atoms with van der Waals surface area (Å²) >= 11 is 0. The second kappa shape index (κ2) is 3.39. The molecule has 0 atom stereocenters. The minimum atomic E-state index is 0.486. The molecule has 0 radical (unpaired) electrons. The summed E-state index contributed by atoms with van der Waals surface area (Å²) in [7, 11) is 2.05. The van der Waals surface area contributed by atoms with E-state index in [-0.39, 0.29) is 0 Å². The zero-order chi connectivity index (χ0) is 7.40. The molecule has 10 heavy (non-hydrogen) atoms. The predicted molar refractivity (Wildman–Crippen MR) is 43.6 cm³/mol. The minimum absolute atomic E-state index is 0.486. The first-order valence-corrected chi connectivity index (χ1v) is 3.20. The Morgan fingerprint density at radius 2 is 1.90 bits per heavy atom. The topological polar surface area (TPSA) is 35.2 Å². The molecule has 0 heterocycles. The van der Waals surface area contributed by atoms with Gasteiger partial charge in [0.05, 0.1) is 6.61 Å². The monoisotopic (exact) mass is 135 g/mol. The van der Waals surface area contributed by atoms with Gasteiger partial charge in [0.15, 0.2) is 0 Å². The molecule has 0 spiro atoms. The van der Waals surface area contributed by atoms with Crippen LogP contribution in [0.5, 0.6) is 0 Å². The molecule has 0 bridgehead atoms. The lowest BCUT2D eigenvalue weighted by Crippen LogP contribution is -2.03. The van der Waals surface area contributed by atoms with Crippen molar-refractivity contribution in [1.82, 2.24) is 0 Å². The number of hydrogen-bond donors (Lipinski definition) is 1. The lowest BCUT2D eigenvalue weighted by atomic mass is 9.95. The highest BCUT2D eigenvalue weighted by Crippen LogP contribution is 1.95. The maximum Gasteiger partial charge on any atom is 0.139 e. The first-order valence-electron chi connectivity index (χ1n) is 3.20. The molecule has 0 aliphatic carbocycles. The van der Waals surface area contributed by atoms with Gasteiger partial charge in [0.2, 0.25) is 0 Å². The van der Waals surface area contributed by atoms with Gasteiger partial charge >= 0.3 is 0 Å². The van der Waals surface area contributed by atoms with E-state index in [9.17, 15) is 0 Å². The normalized spacial score (nSPS) is 9.70. The summed E-state index contributed by atoms with van der Waals surface area (Å²) in [5.41, 5.74) is 2.36. The van der Waals surface area contributed by atoms with E-state index in [1.807, 2.05) is 32.1 Å². The van der Waals surface area contributed by atoms with Crippen molar-refractivity contribution in [3.63, 3.8) is 0 Å². The van der Waals surface area contributed by atoms with Crippen molar-refractivity contribution >= 4 is 13.3 Å². The Labute approximate surface area is 61.4 Å². The Kier molecular flexibility index (Phi) is 2.48. The molecule has 1 aromatic rings. The van der Waals surface area contributed by atoms with Crippen LogP contribution in [0.3, 0.4) is 0 Å². The van der Waals surface area contributed by atoms with Crippen LogP contribution < -0.4 is 11.4 Å². The summed E-state index contributed by atoms with van der Waals surface area (Å²) in [4.78, 5) is 4.47. The van der Waals surface area contributed by atoms with Gasteiger partial charge in [-0.2, -0.15) is 0 Å². The Hall–Kier alpha value is -0.795. The quantitative estimate of drug-likeness (QED) is 0.431. The van der Waals surface area contributed by atoms with Crippen molar-refractivity contribution in [2.45, 2.75) is 6.61 Å². The fraction of sp³-hybridized carbons (Fsp3) is 0.143. The maximum absolute atomic E-state index is 4.90. The van der Waals surface area contributed by atoms with Gasteiger partial charge in [-0.3, -0.25) is 4.84 Å². The second-order valence-electron chi connectivity index (χ2n) is 2.30. The molecule has 0 aliphatic heterocycles. The molecule has 0 unspecified atom stereocenters. The van der Waals surface area contributed by atoms with E-state index in [4.69, 9.17) is 5.90 Å². The molecule has 0 amide bonds. The van der Waals surface area contributed by atoms with Crippen LogP contribution in [-0.4, -0.2) is 7.85 Å². The summed E-state index contributed by atoms with van der Waals surface area (Å²) in [5, 5.41) is 0. The summed E-state index contributed by atoms with van der Waals surface area (Å²) in [6, 6.07) is 8.08. The summed E-state index contributed by atoms with van der Waals surface area (Å²) in [6.07, 6.45) is 0. The molecule has 2 N–H and O–H groups in total. The maximum atomic E-state index is 4.90. The Balaban J connectivity index is 2.69. The largest absolute Gasteiger partial charge is 0.300 e. The lowest BCUT2D eigenvalue weighted by molar-refractivity contribution is 0.124. The average Bonchev–Trinajstić information content (AvgIpc) is 1.95. The van der Waals surface area contributed by atoms with Gasteiger partial charge in [0.1, 0.15) is 7.85 Å². The first kappa shape index (κ1) is 7.31. The molecule has 0 saturated carbocycles. The van der Waals surface area contributed by atoms with Crippen LogP contribution in [0.1, 0.15) is 5.56 Å². The molecule has 2 nitrogen and oxygen atoms in total. The van der Waals surface area contributed by atoms with Crippen LogP contribution in [0.25, 0.3) is 0 Å². The summed E-state index contributed by atoms with van der Waals surface area (Å²) < 4.78 is 0. The zero-order valence-corrected chi connectivity index (χ0v) is 6.00. The molecule has 3 heteroatoms. The van der Waals surface area contributed by atoms with Gasteiger partial charge < -0.3 is 0 Å². The minimum Gasteiger partial charge on any atom is -0.300 e. The van der Waals surface area contributed by atoms with Crippen LogP contribution in [0, 0.1) is 0 Å². The fourth-order valence-corrected chi connectivity index (χ4v) is 0.781. The molecule has 0 aromatic heterocycles. The highest BCUT2D eigenvalue weighted by Gasteiger charge is 1.88. The summed E-state index contributed by atoms with van der Waals surface area (Å²) in [5.74, 6) is 4.90. The van der Waals surface area contributed by atoms with Crippen LogP contribution in [0.4, 0.5) is 0 Å². The number of nitrogens with two attached hydrogens (primary N) is 1. The van der Waals surface area contributed by atoms with E-state index in [1.54, 1.807) is 0 Å². The van der Waals surface area contributed by atoms with E-state index in [2.05, 4.69) is 4.84 Å². The van der Waals surface area contributed by atoms with Gasteiger partial charge in [0.25, 0.3) is 0 Å². The van der Waals surface area contributed by atoms with Gasteiger partial charge in [0, 0.05) is 0 Å². The Morgan fingerprint density at radius 3 is 2.40 bits per heavy atom. The van der Waals surface area contributed by atoms with Gasteiger partial charge in [-0.05, 0) is 5.56 Å². The Morgan fingerprint density at radius 1 is 1.30 bits per heavy atom. The van der Waals surface area contributed by atoms with Crippen molar-refractivity contribution in [2.24, 2.45) is 5.90 Å². The van der Waals surface area contributed by atoms with Crippen LogP contribution in [0.15, 0.2) is 24.3 Å². The van der Waals surface area contributed by atoms with Crippen molar-refractivity contribution in [3.8, 4) is 0 Å². The molecular formula is C7H10BNO. The van der Waals surface area contributed by atoms with Crippen molar-refractivity contribution in [1.29, 1.82) is 0 Å². The molecule has 0 fully saturated rings. The Bertz CT molecular complexity index is 197. The molecule has 1 aromatic carbocycles. The standard InChI is InChI=1S/C7H10BNO/c8-7-3-1-6(2-4-7)5-10-9/h1-4H,5,8-9H2. The third kappa shape index (κ3) is 1.86. The SMILES string of the molecule is Bc1ccc(CON)cc1. The molecule has 0 aliphatic rings. The molecule has 52 valence electrons. The van der Waals surface area contributed by atoms with Gasteiger partial charge in [-0.1, -0.05) is 29.7 Å². The highest BCUT2D eigenvalue weighted by atomic mass is 16.6. The molecule has 1 rings (SSSR count). The van der Waals surface area contributed by atoms with E-state index in [1.165, 1.54) is 5.46 Å². The molecular weight excluding hydrogens is 125 g/mol. The van der Waals surface area contributed by atoms with Crippen LogP contribution in [-0.2, 0) is 11.4 Å². The third-order valence-electron chi connectivity index (χ3n) is 1.37. The third-order valence-corrected chi connectivity index (χ3v) is 1.37. The fourth-order valence-electron chi connectivity index (χ4n) is 0.781. The van der Waals surface area contributed by atoms with E-state index < -0.39 is 0 Å². The van der Waals surface area contributed by atoms with Crippen molar-refractivity contribution in [2.75, 3.05) is 0 Å². The van der Waals surface area contributed by atoms with Crippen LogP contribution in [0.2, 0.25) is 0 Å². The zero-order valence-electron chi connectivity index (χ0n) is 6.00. The second-order valence-corrected chi connectivity index (χ2v) is 2.30. The van der Waals surface area contributed by atoms with E-state index in [0.29, 0.717) is 6.61 Å². The number of benzene rings is 1. The number of hydrogen-bond acceptors (Lipinski definition) is 2. The van der Waals surface area contributed by atoms with Crippen LogP contribution >= 0.6 is 0 Å². The van der Waals surface area contributed by atoms with Crippen molar-refractivity contribution < 1.29 is 4.84 Å². The van der Waals surface area contributed by atoms with Crippen molar-refractivity contribution in [3.05, 3.63) is 29.8 Å². The number of rotatable bonds is 2. The van der Waals surface area contributed by atoms with E-state index >= 15 is 0 Å². The smallest absolute Gasteiger partial charge is 0.139 e. The lowest BCUT2D eigenvalue weighted by Gasteiger charge is -1.97. The van der Waals surface area contributed by atoms with Gasteiger partial charge in [-0.15, -0.1) is 0 Å². The highest BCUT2D eigenvalue weighted by molar-refractivity contribution is 6.32. The van der Waals surface area contributed by atoms with Gasteiger partial charge in [-0.25, -0.2) is 5.90 Å². The molecule has 0 saturated heterocycles. The van der Waals surface area contributed by atoms with E-state index in [0.717, 1.165) is 5.56 Å². The first-order chi connectivity index (χ1) is 4.83. The summed E-state index contributed by atoms with van der Waals surface area (Å²) in [6.45, 7) is 0.486. The predicted octanol–water partition coefficient (Wildman–Crippen LogP) is -0.665.